The van der Waals surface area contributed by atoms with Crippen molar-refractivity contribution in [2.75, 3.05) is 31.1 Å². The van der Waals surface area contributed by atoms with Gasteiger partial charge in [-0.1, -0.05) is 42.5 Å². The summed E-state index contributed by atoms with van der Waals surface area (Å²) in [5.41, 5.74) is 4.25. The second-order valence-electron chi connectivity index (χ2n) is 7.43. The monoisotopic (exact) mass is 391 g/mol. The van der Waals surface area contributed by atoms with Crippen molar-refractivity contribution in [3.63, 3.8) is 0 Å². The van der Waals surface area contributed by atoms with Crippen molar-refractivity contribution in [2.24, 2.45) is 0 Å². The Morgan fingerprint density at radius 1 is 0.966 bits per heavy atom. The molecule has 1 N–H and O–H groups in total. The summed E-state index contributed by atoms with van der Waals surface area (Å²) in [6.07, 6.45) is 0. The van der Waals surface area contributed by atoms with Gasteiger partial charge in [0.1, 0.15) is 0 Å². The number of rotatable bonds is 5. The molecular weight excluding hydrogens is 366 g/mol. The Morgan fingerprint density at radius 2 is 1.69 bits per heavy atom. The Labute approximate surface area is 170 Å². The highest BCUT2D eigenvalue weighted by molar-refractivity contribution is 5.91. The summed E-state index contributed by atoms with van der Waals surface area (Å²) < 4.78 is 0. The van der Waals surface area contributed by atoms with Crippen LogP contribution in [-0.2, 0) is 6.54 Å². The third-order valence-corrected chi connectivity index (χ3v) is 5.51. The molecule has 1 saturated heterocycles. The number of nitrogens with zero attached hydrogens (tertiary/aromatic N) is 5. The average molecular weight is 391 g/mol. The maximum atomic E-state index is 11.8. The largest absolute Gasteiger partial charge is 0.476 e. The molecule has 0 spiro atoms. The molecule has 3 aromatic rings. The minimum absolute atomic E-state index is 0.00224. The molecule has 29 heavy (non-hydrogen) atoms. The number of carboxylic acids is 1. The molecule has 0 saturated carbocycles. The quantitative estimate of drug-likeness (QED) is 0.721. The van der Waals surface area contributed by atoms with E-state index in [1.807, 2.05) is 43.0 Å². The van der Waals surface area contributed by atoms with Gasteiger partial charge < -0.3 is 10.0 Å². The van der Waals surface area contributed by atoms with Gasteiger partial charge in [0.05, 0.1) is 5.69 Å². The molecule has 0 amide bonds. The molecule has 2 heterocycles. The second-order valence-corrected chi connectivity index (χ2v) is 7.43. The topological polar surface area (TPSA) is 74.5 Å². The first-order valence-corrected chi connectivity index (χ1v) is 9.81. The third-order valence-electron chi connectivity index (χ3n) is 5.51. The van der Waals surface area contributed by atoms with Crippen molar-refractivity contribution >= 4 is 11.8 Å². The maximum Gasteiger partial charge on any atom is 0.360 e. The molecule has 2 aromatic carbocycles. The molecule has 0 aliphatic carbocycles. The summed E-state index contributed by atoms with van der Waals surface area (Å²) in [5, 5.41) is 18.5. The van der Waals surface area contributed by atoms with Crippen molar-refractivity contribution < 1.29 is 9.90 Å². The number of piperazine rings is 1. The lowest BCUT2D eigenvalue weighted by molar-refractivity contribution is 0.0690. The number of hydrogen-bond acceptors (Lipinski definition) is 5. The SMILES string of the molecule is Cc1cccc(-n2nc(C(=O)O)c(N3CCN(Cc4ccccc4)CC3)n2)c1C. The van der Waals surface area contributed by atoms with Crippen molar-refractivity contribution in [3.8, 4) is 5.69 Å². The van der Waals surface area contributed by atoms with Crippen LogP contribution in [0.3, 0.4) is 0 Å². The molecule has 1 aliphatic rings. The summed E-state index contributed by atoms with van der Waals surface area (Å²) in [4.78, 5) is 17.7. The third kappa shape index (κ3) is 4.00. The van der Waals surface area contributed by atoms with Crippen molar-refractivity contribution in [2.45, 2.75) is 20.4 Å². The van der Waals surface area contributed by atoms with Gasteiger partial charge in [0, 0.05) is 32.7 Å². The summed E-state index contributed by atoms with van der Waals surface area (Å²) in [6.45, 7) is 8.06. The summed E-state index contributed by atoms with van der Waals surface area (Å²) in [7, 11) is 0. The zero-order valence-electron chi connectivity index (χ0n) is 16.7. The zero-order chi connectivity index (χ0) is 20.4. The number of aromatic nitrogens is 3. The molecule has 4 rings (SSSR count). The first kappa shape index (κ1) is 19.1. The molecular formula is C22H25N5O2. The van der Waals surface area contributed by atoms with Crippen LogP contribution < -0.4 is 4.90 Å². The molecule has 1 aliphatic heterocycles. The number of carbonyl (C=O) groups is 1. The highest BCUT2D eigenvalue weighted by atomic mass is 16.4. The zero-order valence-corrected chi connectivity index (χ0v) is 16.7. The standard InChI is InChI=1S/C22H25N5O2/c1-16-7-6-10-19(17(16)2)27-23-20(22(28)29)21(24-27)26-13-11-25(12-14-26)15-18-8-4-3-5-9-18/h3-10H,11-15H2,1-2H3,(H,28,29). The molecule has 0 atom stereocenters. The van der Waals surface area contributed by atoms with Gasteiger partial charge in [-0.15, -0.1) is 15.0 Å². The Morgan fingerprint density at radius 3 is 2.38 bits per heavy atom. The molecule has 7 nitrogen and oxygen atoms in total. The highest BCUT2D eigenvalue weighted by Crippen LogP contribution is 2.23. The van der Waals surface area contributed by atoms with E-state index in [2.05, 4.69) is 39.4 Å². The maximum absolute atomic E-state index is 11.8. The minimum atomic E-state index is -1.05. The van der Waals surface area contributed by atoms with Gasteiger partial charge in [-0.25, -0.2) is 4.79 Å². The average Bonchev–Trinajstić information content (AvgIpc) is 3.17. The van der Waals surface area contributed by atoms with E-state index in [9.17, 15) is 9.90 Å². The minimum Gasteiger partial charge on any atom is -0.476 e. The van der Waals surface area contributed by atoms with E-state index < -0.39 is 5.97 Å². The molecule has 0 radical (unpaired) electrons. The van der Waals surface area contributed by atoms with Crippen LogP contribution in [0.5, 0.6) is 0 Å². The first-order chi connectivity index (χ1) is 14.0. The van der Waals surface area contributed by atoms with Crippen molar-refractivity contribution in [3.05, 3.63) is 70.9 Å². The number of anilines is 1. The van der Waals surface area contributed by atoms with Crippen LogP contribution >= 0.6 is 0 Å². The lowest BCUT2D eigenvalue weighted by atomic mass is 10.1. The van der Waals surface area contributed by atoms with Crippen molar-refractivity contribution in [1.82, 2.24) is 19.9 Å². The molecule has 1 fully saturated rings. The number of aromatic carboxylic acids is 1. The number of benzene rings is 2. The Balaban J connectivity index is 1.53. The summed E-state index contributed by atoms with van der Waals surface area (Å²) in [6, 6.07) is 16.3. The van der Waals surface area contributed by atoms with Gasteiger partial charge >= 0.3 is 5.97 Å². The van der Waals surface area contributed by atoms with Crippen LogP contribution in [0.15, 0.2) is 48.5 Å². The fraction of sp³-hybridized carbons (Fsp3) is 0.318. The molecule has 0 unspecified atom stereocenters. The fourth-order valence-corrected chi connectivity index (χ4v) is 3.67. The summed E-state index contributed by atoms with van der Waals surface area (Å²) >= 11 is 0. The van der Waals surface area contributed by atoms with E-state index in [0.717, 1.165) is 49.5 Å². The van der Waals surface area contributed by atoms with Gasteiger partial charge in [-0.05, 0) is 36.6 Å². The van der Waals surface area contributed by atoms with Crippen LogP contribution in [0.25, 0.3) is 5.69 Å². The number of aryl methyl sites for hydroxylation is 1. The van der Waals surface area contributed by atoms with Crippen molar-refractivity contribution in [1.29, 1.82) is 0 Å². The van der Waals surface area contributed by atoms with E-state index in [0.29, 0.717) is 5.82 Å². The Kier molecular flexibility index (Phi) is 5.31. The second kappa shape index (κ2) is 8.05. The Bertz CT molecular complexity index is 1010. The number of hydrogen-bond donors (Lipinski definition) is 1. The van der Waals surface area contributed by atoms with Crippen LogP contribution in [0.1, 0.15) is 27.2 Å². The number of carboxylic acid groups (broad SMARTS) is 1. The van der Waals surface area contributed by atoms with Gasteiger partial charge in [0.15, 0.2) is 5.82 Å². The van der Waals surface area contributed by atoms with E-state index in [1.165, 1.54) is 10.4 Å². The van der Waals surface area contributed by atoms with Gasteiger partial charge in [-0.2, -0.15) is 0 Å². The first-order valence-electron chi connectivity index (χ1n) is 9.81. The Hall–Kier alpha value is -3.19. The van der Waals surface area contributed by atoms with E-state index in [-0.39, 0.29) is 5.69 Å². The summed E-state index contributed by atoms with van der Waals surface area (Å²) in [5.74, 6) is -0.610. The predicted octanol–water partition coefficient (Wildman–Crippen LogP) is 2.90. The molecule has 150 valence electrons. The van der Waals surface area contributed by atoms with Gasteiger partial charge in [-0.3, -0.25) is 4.90 Å². The lowest BCUT2D eigenvalue weighted by Crippen LogP contribution is -2.46. The van der Waals surface area contributed by atoms with Crippen LogP contribution in [-0.4, -0.2) is 57.1 Å². The normalized spacial score (nSPS) is 14.9. The molecule has 1 aromatic heterocycles. The smallest absolute Gasteiger partial charge is 0.360 e. The van der Waals surface area contributed by atoms with Crippen LogP contribution in [0.2, 0.25) is 0 Å². The van der Waals surface area contributed by atoms with E-state index in [4.69, 9.17) is 0 Å². The predicted molar refractivity (Wildman–Crippen MR) is 112 cm³/mol. The van der Waals surface area contributed by atoms with E-state index >= 15 is 0 Å². The van der Waals surface area contributed by atoms with Gasteiger partial charge in [0.2, 0.25) is 5.69 Å². The fourth-order valence-electron chi connectivity index (χ4n) is 3.67. The van der Waals surface area contributed by atoms with Crippen LogP contribution in [0, 0.1) is 13.8 Å². The lowest BCUT2D eigenvalue weighted by Gasteiger charge is -2.34. The van der Waals surface area contributed by atoms with Gasteiger partial charge in [0.25, 0.3) is 0 Å². The van der Waals surface area contributed by atoms with E-state index in [1.54, 1.807) is 0 Å². The molecule has 7 heteroatoms. The molecule has 0 bridgehead atoms. The highest BCUT2D eigenvalue weighted by Gasteiger charge is 2.27. The van der Waals surface area contributed by atoms with Crippen LogP contribution in [0.4, 0.5) is 5.82 Å².